The molecule has 37 heavy (non-hydrogen) atoms. The molecule has 2 aromatic carbocycles. The van der Waals surface area contributed by atoms with Crippen LogP contribution < -0.4 is 9.64 Å². The number of anilines is 1. The van der Waals surface area contributed by atoms with E-state index in [1.165, 1.54) is 37.7 Å². The highest BCUT2D eigenvalue weighted by Gasteiger charge is 2.37. The molecule has 5 rings (SSSR count). The molecule has 5 nitrogen and oxygen atoms in total. The largest absolute Gasteiger partial charge is 0.494 e. The molecule has 0 atom stereocenters. The van der Waals surface area contributed by atoms with E-state index in [1.807, 2.05) is 44.3 Å². The number of hydrogen-bond acceptors (Lipinski definition) is 3. The minimum absolute atomic E-state index is 0.127. The summed E-state index contributed by atoms with van der Waals surface area (Å²) in [6.07, 6.45) is 8.61. The second-order valence-corrected chi connectivity index (χ2v) is 10.4. The number of hydrogen-bond donors (Lipinski definition) is 0. The summed E-state index contributed by atoms with van der Waals surface area (Å²) in [5, 5.41) is 0.465. The summed E-state index contributed by atoms with van der Waals surface area (Å²) in [5.41, 5.74) is 7.14. The number of carbonyl (C=O) groups excluding carboxylic acids is 1. The molecule has 1 saturated heterocycles. The van der Waals surface area contributed by atoms with E-state index in [1.54, 1.807) is 9.80 Å². The predicted molar refractivity (Wildman–Crippen MR) is 155 cm³/mol. The molecule has 1 aliphatic carbocycles. The zero-order chi connectivity index (χ0) is 26.1. The molecule has 0 radical (unpaired) electrons. The minimum Gasteiger partial charge on any atom is -0.494 e. The molecule has 6 heteroatoms. The minimum atomic E-state index is -0.127. The van der Waals surface area contributed by atoms with Crippen molar-refractivity contribution in [1.82, 2.24) is 9.47 Å². The number of thiocarbonyl (C=S) groups is 1. The number of aryl methyl sites for hydroxylation is 1. The number of carbonyl (C=O) groups is 1. The Labute approximate surface area is 225 Å². The van der Waals surface area contributed by atoms with Crippen LogP contribution in [0.2, 0.25) is 0 Å². The summed E-state index contributed by atoms with van der Waals surface area (Å²) in [5.74, 6) is 1.34. The average Bonchev–Trinajstić information content (AvgIpc) is 3.31. The lowest BCUT2D eigenvalue weighted by atomic mass is 9.84. The quantitative estimate of drug-likeness (QED) is 0.259. The third kappa shape index (κ3) is 4.82. The average molecular weight is 514 g/mol. The number of amides is 1. The Morgan fingerprint density at radius 1 is 0.973 bits per heavy atom. The van der Waals surface area contributed by atoms with Gasteiger partial charge in [0.2, 0.25) is 0 Å². The van der Waals surface area contributed by atoms with Crippen molar-refractivity contribution < 1.29 is 9.53 Å². The van der Waals surface area contributed by atoms with E-state index in [4.69, 9.17) is 17.0 Å². The zero-order valence-corrected chi connectivity index (χ0v) is 23.0. The molecule has 2 aliphatic rings. The summed E-state index contributed by atoms with van der Waals surface area (Å²) in [7, 11) is 1.85. The summed E-state index contributed by atoms with van der Waals surface area (Å²) in [6, 6.07) is 18.7. The third-order valence-corrected chi connectivity index (χ3v) is 8.11. The second-order valence-electron chi connectivity index (χ2n) is 10.0. The van der Waals surface area contributed by atoms with Gasteiger partial charge >= 0.3 is 0 Å². The first-order chi connectivity index (χ1) is 17.9. The molecule has 1 aromatic heterocycles. The lowest BCUT2D eigenvalue weighted by Crippen LogP contribution is -2.31. The third-order valence-electron chi connectivity index (χ3n) is 7.66. The van der Waals surface area contributed by atoms with E-state index in [-0.39, 0.29) is 5.91 Å². The van der Waals surface area contributed by atoms with E-state index in [2.05, 4.69) is 48.7 Å². The van der Waals surface area contributed by atoms with Crippen molar-refractivity contribution in [2.24, 2.45) is 0 Å². The molecule has 2 fully saturated rings. The standard InChI is InChI=1S/C31H35N3O2S/c1-5-36-28-17-15-27(16-18-28)34-30(35)29(32(4)31(34)37)20-25-19-21(2)33(22(25)3)26-13-11-24(12-14-26)23-9-7-6-8-10-23/h11-20,23H,5-10H2,1-4H3/b29-20-. The molecule has 192 valence electrons. The van der Waals surface area contributed by atoms with Gasteiger partial charge in [0.25, 0.3) is 5.91 Å². The van der Waals surface area contributed by atoms with E-state index in [0.29, 0.717) is 23.3 Å². The van der Waals surface area contributed by atoms with Gasteiger partial charge in [0.15, 0.2) is 5.11 Å². The summed E-state index contributed by atoms with van der Waals surface area (Å²) < 4.78 is 7.80. The Balaban J connectivity index is 1.42. The van der Waals surface area contributed by atoms with Gasteiger partial charge in [0, 0.05) is 24.1 Å². The molecule has 0 N–H and O–H groups in total. The van der Waals surface area contributed by atoms with Crippen molar-refractivity contribution in [3.8, 4) is 11.4 Å². The fourth-order valence-electron chi connectivity index (χ4n) is 5.65. The highest BCUT2D eigenvalue weighted by Crippen LogP contribution is 2.34. The molecule has 2 heterocycles. The highest BCUT2D eigenvalue weighted by atomic mass is 32.1. The van der Waals surface area contributed by atoms with Crippen molar-refractivity contribution in [2.75, 3.05) is 18.6 Å². The number of nitrogens with zero attached hydrogens (tertiary/aromatic N) is 3. The monoisotopic (exact) mass is 513 g/mol. The van der Waals surface area contributed by atoms with Crippen LogP contribution >= 0.6 is 12.2 Å². The van der Waals surface area contributed by atoms with Gasteiger partial charge in [-0.2, -0.15) is 0 Å². The predicted octanol–water partition coefficient (Wildman–Crippen LogP) is 7.14. The topological polar surface area (TPSA) is 37.7 Å². The number of benzene rings is 2. The molecular formula is C31H35N3O2S. The van der Waals surface area contributed by atoms with Gasteiger partial charge in [-0.05, 0) is 111 Å². The Morgan fingerprint density at radius 2 is 1.62 bits per heavy atom. The Hall–Kier alpha value is -3.38. The first-order valence-corrected chi connectivity index (χ1v) is 13.7. The van der Waals surface area contributed by atoms with Crippen LogP contribution in [0.4, 0.5) is 5.69 Å². The maximum absolute atomic E-state index is 13.5. The second kappa shape index (κ2) is 10.5. The Morgan fingerprint density at radius 3 is 2.27 bits per heavy atom. The van der Waals surface area contributed by atoms with Crippen molar-refractivity contribution >= 4 is 35.0 Å². The van der Waals surface area contributed by atoms with E-state index < -0.39 is 0 Å². The Kier molecular flexibility index (Phi) is 7.20. The first kappa shape index (κ1) is 25.3. The SMILES string of the molecule is CCOc1ccc(N2C(=O)/C(=C/c3cc(C)n(-c4ccc(C5CCCCC5)cc4)c3C)N(C)C2=S)cc1. The van der Waals surface area contributed by atoms with Gasteiger partial charge in [0.05, 0.1) is 12.3 Å². The number of aromatic nitrogens is 1. The molecule has 0 unspecified atom stereocenters. The van der Waals surface area contributed by atoms with Crippen LogP contribution in [0.3, 0.4) is 0 Å². The van der Waals surface area contributed by atoms with Gasteiger partial charge < -0.3 is 14.2 Å². The summed E-state index contributed by atoms with van der Waals surface area (Å²) in [6.45, 7) is 6.76. The van der Waals surface area contributed by atoms with Crippen LogP contribution in [0.15, 0.2) is 60.3 Å². The van der Waals surface area contributed by atoms with Gasteiger partial charge in [-0.1, -0.05) is 31.4 Å². The van der Waals surface area contributed by atoms with E-state index >= 15 is 0 Å². The van der Waals surface area contributed by atoms with Gasteiger partial charge in [-0.3, -0.25) is 9.69 Å². The van der Waals surface area contributed by atoms with E-state index in [0.717, 1.165) is 34.1 Å². The van der Waals surface area contributed by atoms with Crippen LogP contribution in [-0.2, 0) is 4.79 Å². The van der Waals surface area contributed by atoms with Crippen LogP contribution in [-0.4, -0.2) is 34.1 Å². The van der Waals surface area contributed by atoms with Crippen molar-refractivity contribution in [2.45, 2.75) is 58.8 Å². The van der Waals surface area contributed by atoms with Gasteiger partial charge in [-0.15, -0.1) is 0 Å². The maximum atomic E-state index is 13.5. The van der Waals surface area contributed by atoms with Crippen LogP contribution in [0.25, 0.3) is 11.8 Å². The molecule has 0 spiro atoms. The fraction of sp³-hybridized carbons (Fsp3) is 0.355. The normalized spacial score (nSPS) is 17.8. The molecule has 1 amide bonds. The van der Waals surface area contributed by atoms with Crippen molar-refractivity contribution in [1.29, 1.82) is 0 Å². The van der Waals surface area contributed by atoms with Crippen molar-refractivity contribution in [3.05, 3.63) is 82.8 Å². The van der Waals surface area contributed by atoms with Crippen molar-refractivity contribution in [3.63, 3.8) is 0 Å². The summed E-state index contributed by atoms with van der Waals surface area (Å²) >= 11 is 5.66. The smallest absolute Gasteiger partial charge is 0.281 e. The lowest BCUT2D eigenvalue weighted by molar-refractivity contribution is -0.114. The van der Waals surface area contributed by atoms with Gasteiger partial charge in [0.1, 0.15) is 11.4 Å². The highest BCUT2D eigenvalue weighted by molar-refractivity contribution is 7.80. The van der Waals surface area contributed by atoms with Gasteiger partial charge in [-0.25, -0.2) is 0 Å². The summed E-state index contributed by atoms with van der Waals surface area (Å²) in [4.78, 5) is 16.9. The van der Waals surface area contributed by atoms with Crippen LogP contribution in [0, 0.1) is 13.8 Å². The molecule has 0 bridgehead atoms. The Bertz CT molecular complexity index is 1330. The lowest BCUT2D eigenvalue weighted by Gasteiger charge is -2.22. The molecule has 1 saturated carbocycles. The zero-order valence-electron chi connectivity index (χ0n) is 22.2. The van der Waals surface area contributed by atoms with E-state index in [9.17, 15) is 4.79 Å². The van der Waals surface area contributed by atoms with Crippen LogP contribution in [0.1, 0.15) is 67.5 Å². The number of likely N-dealkylation sites (N-methyl/N-ethyl adjacent to an activating group) is 1. The molecule has 3 aromatic rings. The molecular weight excluding hydrogens is 478 g/mol. The number of rotatable bonds is 6. The van der Waals surface area contributed by atoms with Crippen LogP contribution in [0.5, 0.6) is 5.75 Å². The molecule has 1 aliphatic heterocycles. The number of ether oxygens (including phenoxy) is 1. The fourth-order valence-corrected chi connectivity index (χ4v) is 5.94. The maximum Gasteiger partial charge on any atom is 0.281 e. The first-order valence-electron chi connectivity index (χ1n) is 13.2.